The minimum absolute atomic E-state index is 0.0448. The summed E-state index contributed by atoms with van der Waals surface area (Å²) in [5.41, 5.74) is -1.09. The minimum atomic E-state index is -4.51. The van der Waals surface area contributed by atoms with Gasteiger partial charge in [-0.2, -0.15) is 13.2 Å². The Labute approximate surface area is 239 Å². The third-order valence-electron chi connectivity index (χ3n) is 8.99. The van der Waals surface area contributed by atoms with Crippen molar-refractivity contribution in [3.05, 3.63) is 29.1 Å². The summed E-state index contributed by atoms with van der Waals surface area (Å²) in [5, 5.41) is 3.72. The van der Waals surface area contributed by atoms with Crippen molar-refractivity contribution in [3.63, 3.8) is 0 Å². The predicted molar refractivity (Wildman–Crippen MR) is 143 cm³/mol. The van der Waals surface area contributed by atoms with Crippen LogP contribution in [0.2, 0.25) is 0 Å². The van der Waals surface area contributed by atoms with E-state index in [2.05, 4.69) is 10.3 Å². The molecule has 1 N–H and O–H groups in total. The van der Waals surface area contributed by atoms with Crippen molar-refractivity contribution in [2.75, 3.05) is 46.6 Å². The average Bonchev–Trinajstić information content (AvgIpc) is 3.45. The van der Waals surface area contributed by atoms with Gasteiger partial charge >= 0.3 is 6.18 Å². The number of alkyl halides is 3. The fraction of sp³-hybridized carbons (Fsp3) is 0.759. The van der Waals surface area contributed by atoms with Gasteiger partial charge in [0.05, 0.1) is 29.3 Å². The number of nitrogens with one attached hydrogen (secondary N) is 1. The number of halogens is 3. The summed E-state index contributed by atoms with van der Waals surface area (Å²) < 4.78 is 57.1. The van der Waals surface area contributed by atoms with Gasteiger partial charge in [0, 0.05) is 70.3 Å². The van der Waals surface area contributed by atoms with Gasteiger partial charge in [-0.3, -0.25) is 14.6 Å². The Kier molecular flexibility index (Phi) is 8.41. The lowest BCUT2D eigenvalue weighted by Gasteiger charge is -2.38. The Hall–Kier alpha value is -2.28. The number of rotatable bonds is 6. The van der Waals surface area contributed by atoms with E-state index in [0.717, 1.165) is 18.7 Å². The molecule has 9 nitrogen and oxygen atoms in total. The first-order valence-corrected chi connectivity index (χ1v) is 14.4. The molecule has 3 unspecified atom stereocenters. The quantitative estimate of drug-likeness (QED) is 0.552. The molecule has 4 aliphatic rings. The monoisotopic (exact) mass is 582 g/mol. The molecule has 3 aliphatic heterocycles. The number of fused-ring (bicyclic) bond motifs is 2. The van der Waals surface area contributed by atoms with Crippen LogP contribution in [-0.2, 0) is 42.9 Å². The molecule has 4 heterocycles. The molecular weight excluding hydrogens is 541 g/mol. The number of hydrogen-bond donors (Lipinski definition) is 1. The molecule has 0 bridgehead atoms. The van der Waals surface area contributed by atoms with E-state index in [1.165, 1.54) is 0 Å². The van der Waals surface area contributed by atoms with Crippen LogP contribution in [-0.4, -0.2) is 97.0 Å². The van der Waals surface area contributed by atoms with E-state index in [1.807, 2.05) is 20.8 Å². The lowest BCUT2D eigenvalue weighted by atomic mass is 9.78. The molecule has 1 aromatic rings. The van der Waals surface area contributed by atoms with Crippen LogP contribution in [0.15, 0.2) is 12.3 Å². The molecule has 1 aliphatic carbocycles. The van der Waals surface area contributed by atoms with Gasteiger partial charge in [-0.15, -0.1) is 0 Å². The third-order valence-corrected chi connectivity index (χ3v) is 8.99. The van der Waals surface area contributed by atoms with Crippen molar-refractivity contribution in [2.45, 2.75) is 83.0 Å². The summed E-state index contributed by atoms with van der Waals surface area (Å²) in [7, 11) is 1.67. The number of pyridine rings is 1. The highest BCUT2D eigenvalue weighted by molar-refractivity contribution is 5.87. The molecule has 2 saturated heterocycles. The molecule has 228 valence electrons. The van der Waals surface area contributed by atoms with Gasteiger partial charge in [0.1, 0.15) is 6.61 Å². The summed E-state index contributed by atoms with van der Waals surface area (Å²) in [6.07, 6.45) is -1.28. The largest absolute Gasteiger partial charge is 0.417 e. The number of carbonyl (C=O) groups excluding carboxylic acids is 2. The second kappa shape index (κ2) is 11.4. The van der Waals surface area contributed by atoms with Crippen LogP contribution in [0, 0.1) is 11.3 Å². The molecular formula is C29H41F3N4O5. The molecule has 0 spiro atoms. The number of methoxy groups -OCH3 is 1. The smallest absolute Gasteiger partial charge is 0.379 e. The molecule has 5 atom stereocenters. The number of carbonyl (C=O) groups is 2. The van der Waals surface area contributed by atoms with Crippen LogP contribution in [0.25, 0.3) is 0 Å². The summed E-state index contributed by atoms with van der Waals surface area (Å²) in [4.78, 5) is 35.0. The van der Waals surface area contributed by atoms with Crippen molar-refractivity contribution in [2.24, 2.45) is 11.3 Å². The summed E-state index contributed by atoms with van der Waals surface area (Å²) in [5.74, 6) is -0.331. The SMILES string of the molecule is COC1COCCC1NC1C[C@H]2CN(C(=O)COC(C)(C)C)C[C@@]2(C(=O)N2CCc3ncc(C(F)(F)F)cc3C2)C1. The van der Waals surface area contributed by atoms with E-state index in [0.29, 0.717) is 56.8 Å². The van der Waals surface area contributed by atoms with Crippen molar-refractivity contribution in [3.8, 4) is 0 Å². The molecule has 1 saturated carbocycles. The Morgan fingerprint density at radius 3 is 2.73 bits per heavy atom. The van der Waals surface area contributed by atoms with Crippen molar-refractivity contribution < 1.29 is 37.0 Å². The standard InChI is InChI=1S/C29H41F3N4O5/c1-27(2,3)41-16-25(37)36-14-20-10-21(34-23-6-8-40-15-24(23)39-4)11-28(20,17-36)26(38)35-7-5-22-18(13-35)9-19(12-33-22)29(30,31)32/h9,12,20-21,23-24,34H,5-8,10-11,13-17H2,1-4H3/t20-,21?,23?,24?,28-/m0/s1. The highest BCUT2D eigenvalue weighted by atomic mass is 19.4. The van der Waals surface area contributed by atoms with Crippen LogP contribution < -0.4 is 5.32 Å². The van der Waals surface area contributed by atoms with Crippen LogP contribution in [0.5, 0.6) is 0 Å². The van der Waals surface area contributed by atoms with E-state index >= 15 is 0 Å². The Morgan fingerprint density at radius 1 is 1.24 bits per heavy atom. The topological polar surface area (TPSA) is 93.2 Å². The number of nitrogens with zero attached hydrogens (tertiary/aromatic N) is 3. The lowest BCUT2D eigenvalue weighted by Crippen LogP contribution is -2.52. The molecule has 3 fully saturated rings. The first-order chi connectivity index (χ1) is 19.3. The number of amides is 2. The molecule has 12 heteroatoms. The summed E-state index contributed by atoms with van der Waals surface area (Å²) >= 11 is 0. The average molecular weight is 583 g/mol. The van der Waals surface area contributed by atoms with Gasteiger partial charge in [-0.25, -0.2) is 0 Å². The Bertz CT molecular complexity index is 1140. The minimum Gasteiger partial charge on any atom is -0.379 e. The van der Waals surface area contributed by atoms with Crippen molar-refractivity contribution in [1.29, 1.82) is 0 Å². The maximum Gasteiger partial charge on any atom is 0.417 e. The highest BCUT2D eigenvalue weighted by Gasteiger charge is 2.59. The third kappa shape index (κ3) is 6.40. The summed E-state index contributed by atoms with van der Waals surface area (Å²) in [6.45, 7) is 7.90. The van der Waals surface area contributed by atoms with Gasteiger partial charge in [0.2, 0.25) is 11.8 Å². The Morgan fingerprint density at radius 2 is 2.02 bits per heavy atom. The first kappa shape index (κ1) is 30.2. The Balaban J connectivity index is 1.36. The van der Waals surface area contributed by atoms with Crippen LogP contribution in [0.3, 0.4) is 0 Å². The van der Waals surface area contributed by atoms with E-state index in [-0.39, 0.29) is 55.6 Å². The zero-order chi connectivity index (χ0) is 29.6. The number of aromatic nitrogens is 1. The fourth-order valence-corrected chi connectivity index (χ4v) is 6.90. The van der Waals surface area contributed by atoms with Gasteiger partial charge in [-0.05, 0) is 57.6 Å². The number of hydrogen-bond acceptors (Lipinski definition) is 7. The van der Waals surface area contributed by atoms with E-state index in [1.54, 1.807) is 16.9 Å². The maximum absolute atomic E-state index is 14.4. The first-order valence-electron chi connectivity index (χ1n) is 14.4. The van der Waals surface area contributed by atoms with Crippen molar-refractivity contribution in [1.82, 2.24) is 20.1 Å². The zero-order valence-corrected chi connectivity index (χ0v) is 24.3. The molecule has 0 radical (unpaired) electrons. The number of likely N-dealkylation sites (tertiary alicyclic amines) is 1. The molecule has 0 aromatic carbocycles. The molecule has 2 amide bonds. The van der Waals surface area contributed by atoms with E-state index in [4.69, 9.17) is 14.2 Å². The van der Waals surface area contributed by atoms with Gasteiger partial charge in [-0.1, -0.05) is 0 Å². The number of ether oxygens (including phenoxy) is 3. The van der Waals surface area contributed by atoms with Crippen LogP contribution in [0.1, 0.15) is 56.9 Å². The molecule has 5 rings (SSSR count). The van der Waals surface area contributed by atoms with Gasteiger partial charge < -0.3 is 29.3 Å². The maximum atomic E-state index is 14.4. The van der Waals surface area contributed by atoms with E-state index < -0.39 is 22.8 Å². The predicted octanol–water partition coefficient (Wildman–Crippen LogP) is 2.80. The van der Waals surface area contributed by atoms with Gasteiger partial charge in [0.15, 0.2) is 0 Å². The van der Waals surface area contributed by atoms with Crippen LogP contribution >= 0.6 is 0 Å². The second-order valence-corrected chi connectivity index (χ2v) is 12.9. The highest BCUT2D eigenvalue weighted by Crippen LogP contribution is 2.51. The second-order valence-electron chi connectivity index (χ2n) is 12.9. The van der Waals surface area contributed by atoms with Crippen LogP contribution in [0.4, 0.5) is 13.2 Å². The van der Waals surface area contributed by atoms with Gasteiger partial charge in [0.25, 0.3) is 0 Å². The normalized spacial score (nSPS) is 30.3. The fourth-order valence-electron chi connectivity index (χ4n) is 6.90. The zero-order valence-electron chi connectivity index (χ0n) is 24.3. The molecule has 41 heavy (non-hydrogen) atoms. The lowest BCUT2D eigenvalue weighted by molar-refractivity contribution is -0.145. The summed E-state index contributed by atoms with van der Waals surface area (Å²) in [6, 6.07) is 1.25. The van der Waals surface area contributed by atoms with E-state index in [9.17, 15) is 22.8 Å². The van der Waals surface area contributed by atoms with Crippen molar-refractivity contribution >= 4 is 11.8 Å². The molecule has 1 aromatic heterocycles.